The van der Waals surface area contributed by atoms with Crippen LogP contribution < -0.4 is 5.32 Å². The van der Waals surface area contributed by atoms with Crippen LogP contribution in [0.1, 0.15) is 30.3 Å². The van der Waals surface area contributed by atoms with E-state index in [0.29, 0.717) is 25.3 Å². The number of halogens is 3. The molecule has 0 spiro atoms. The number of rotatable bonds is 5. The van der Waals surface area contributed by atoms with Crippen LogP contribution in [-0.4, -0.2) is 57.8 Å². The minimum absolute atomic E-state index is 0.0435. The van der Waals surface area contributed by atoms with Crippen LogP contribution in [0.5, 0.6) is 0 Å². The van der Waals surface area contributed by atoms with Crippen molar-refractivity contribution in [1.82, 2.24) is 25.3 Å². The van der Waals surface area contributed by atoms with Crippen LogP contribution in [0.3, 0.4) is 0 Å². The summed E-state index contributed by atoms with van der Waals surface area (Å²) in [6, 6.07) is 1.91. The van der Waals surface area contributed by atoms with Crippen molar-refractivity contribution in [2.45, 2.75) is 31.0 Å². The Bertz CT molecular complexity index is 909. The summed E-state index contributed by atoms with van der Waals surface area (Å²) in [5.41, 5.74) is -0.720. The molecule has 0 aromatic carbocycles. The number of hydrogen-bond donors (Lipinski definition) is 1. The third-order valence-electron chi connectivity index (χ3n) is 4.79. The Morgan fingerprint density at radius 3 is 2.72 bits per heavy atom. The van der Waals surface area contributed by atoms with Gasteiger partial charge in [-0.15, -0.1) is 0 Å². The van der Waals surface area contributed by atoms with Gasteiger partial charge in [0.2, 0.25) is 5.91 Å². The first-order valence-electron chi connectivity index (χ1n) is 8.88. The number of likely N-dealkylation sites (tertiary alicyclic amines) is 1. The van der Waals surface area contributed by atoms with Gasteiger partial charge >= 0.3 is 12.3 Å². The largest absolute Gasteiger partial charge is 0.447 e. The standard InChI is InChI=1S/C17H16F3N5O4/c18-17(19,20)12-3-1-9(5-21-12)15-23-14(24-29-15)10-6-25(7-10)13(26)4-2-11-8-28-16(27)22-11/h1,3,5,10-11H,2,4,6-8H2,(H,22,27)/t11-/m1/s1. The number of amides is 2. The number of ether oxygens (including phenoxy) is 1. The second kappa shape index (κ2) is 7.33. The summed E-state index contributed by atoms with van der Waals surface area (Å²) in [5, 5.41) is 6.48. The first kappa shape index (κ1) is 19.2. The van der Waals surface area contributed by atoms with E-state index < -0.39 is 18.0 Å². The molecule has 0 saturated carbocycles. The van der Waals surface area contributed by atoms with Crippen LogP contribution in [-0.2, 0) is 15.7 Å². The SMILES string of the molecule is O=C1N[C@H](CCC(=O)N2CC(c3noc(-c4ccc(C(F)(F)F)nc4)n3)C2)CO1. The lowest BCUT2D eigenvalue weighted by atomic mass is 9.98. The fraction of sp³-hybridized carbons (Fsp3) is 0.471. The van der Waals surface area contributed by atoms with E-state index in [-0.39, 0.29) is 42.3 Å². The molecule has 2 saturated heterocycles. The van der Waals surface area contributed by atoms with Gasteiger partial charge in [-0.2, -0.15) is 18.2 Å². The molecule has 154 valence electrons. The van der Waals surface area contributed by atoms with Gasteiger partial charge in [0.1, 0.15) is 12.3 Å². The molecule has 2 fully saturated rings. The van der Waals surface area contributed by atoms with Crippen LogP contribution in [0, 0.1) is 0 Å². The van der Waals surface area contributed by atoms with Gasteiger partial charge in [-0.1, -0.05) is 5.16 Å². The predicted molar refractivity (Wildman–Crippen MR) is 89.4 cm³/mol. The Morgan fingerprint density at radius 2 is 2.10 bits per heavy atom. The maximum atomic E-state index is 12.6. The Kier molecular flexibility index (Phi) is 4.84. The molecule has 29 heavy (non-hydrogen) atoms. The second-order valence-electron chi connectivity index (χ2n) is 6.86. The molecule has 9 nitrogen and oxygen atoms in total. The molecule has 4 rings (SSSR count). The number of nitrogens with zero attached hydrogens (tertiary/aromatic N) is 4. The third kappa shape index (κ3) is 4.15. The maximum Gasteiger partial charge on any atom is 0.433 e. The minimum Gasteiger partial charge on any atom is -0.447 e. The normalized spacial score (nSPS) is 19.6. The van der Waals surface area contributed by atoms with Crippen molar-refractivity contribution in [3.63, 3.8) is 0 Å². The summed E-state index contributed by atoms with van der Waals surface area (Å²) in [6.07, 6.45) is -3.17. The van der Waals surface area contributed by atoms with Crippen molar-refractivity contribution in [2.24, 2.45) is 0 Å². The van der Waals surface area contributed by atoms with Crippen LogP contribution in [0.4, 0.5) is 18.0 Å². The zero-order valence-corrected chi connectivity index (χ0v) is 15.0. The number of pyridine rings is 1. The van der Waals surface area contributed by atoms with Gasteiger partial charge in [-0.05, 0) is 18.6 Å². The van der Waals surface area contributed by atoms with E-state index in [1.54, 1.807) is 4.90 Å². The summed E-state index contributed by atoms with van der Waals surface area (Å²) >= 11 is 0. The number of hydrogen-bond acceptors (Lipinski definition) is 7. The summed E-state index contributed by atoms with van der Waals surface area (Å²) in [5.74, 6) is 0.315. The van der Waals surface area contributed by atoms with Crippen molar-refractivity contribution in [1.29, 1.82) is 0 Å². The molecule has 2 aliphatic heterocycles. The molecule has 1 N–H and O–H groups in total. The minimum atomic E-state index is -4.52. The van der Waals surface area contributed by atoms with Crippen molar-refractivity contribution in [2.75, 3.05) is 19.7 Å². The zero-order chi connectivity index (χ0) is 20.6. The quantitative estimate of drug-likeness (QED) is 0.801. The number of cyclic esters (lactones) is 1. The van der Waals surface area contributed by atoms with Crippen LogP contribution >= 0.6 is 0 Å². The number of alkyl carbamates (subject to hydrolysis) is 1. The van der Waals surface area contributed by atoms with Crippen LogP contribution in [0.15, 0.2) is 22.9 Å². The number of nitrogens with one attached hydrogen (secondary N) is 1. The third-order valence-corrected chi connectivity index (χ3v) is 4.79. The molecule has 0 radical (unpaired) electrons. The number of carbonyl (C=O) groups is 2. The van der Waals surface area contributed by atoms with Crippen molar-refractivity contribution < 1.29 is 32.0 Å². The maximum absolute atomic E-state index is 12.6. The van der Waals surface area contributed by atoms with Crippen molar-refractivity contribution >= 4 is 12.0 Å². The summed E-state index contributed by atoms with van der Waals surface area (Å²) in [7, 11) is 0. The number of aromatic nitrogens is 3. The van der Waals surface area contributed by atoms with Crippen molar-refractivity contribution in [3.8, 4) is 11.5 Å². The molecule has 12 heteroatoms. The summed E-state index contributed by atoms with van der Waals surface area (Å²) < 4.78 is 47.6. The van der Waals surface area contributed by atoms with Gasteiger partial charge in [-0.3, -0.25) is 9.78 Å². The highest BCUT2D eigenvalue weighted by molar-refractivity contribution is 5.77. The van der Waals surface area contributed by atoms with Gasteiger partial charge in [0, 0.05) is 25.7 Å². The molecular weight excluding hydrogens is 395 g/mol. The van der Waals surface area contributed by atoms with E-state index in [4.69, 9.17) is 9.26 Å². The number of carbonyl (C=O) groups excluding carboxylic acids is 2. The smallest absolute Gasteiger partial charge is 0.433 e. The van der Waals surface area contributed by atoms with Gasteiger partial charge in [-0.25, -0.2) is 4.79 Å². The molecular formula is C17H16F3N5O4. The highest BCUT2D eigenvalue weighted by atomic mass is 19.4. The molecule has 0 bridgehead atoms. The monoisotopic (exact) mass is 411 g/mol. The van der Waals surface area contributed by atoms with Crippen LogP contribution in [0.2, 0.25) is 0 Å². The summed E-state index contributed by atoms with van der Waals surface area (Å²) in [4.78, 5) is 32.4. The lowest BCUT2D eigenvalue weighted by molar-refractivity contribution is -0.141. The lowest BCUT2D eigenvalue weighted by Gasteiger charge is -2.37. The lowest BCUT2D eigenvalue weighted by Crippen LogP contribution is -2.49. The Balaban J connectivity index is 1.29. The fourth-order valence-corrected chi connectivity index (χ4v) is 3.09. The molecule has 2 aromatic rings. The first-order valence-corrected chi connectivity index (χ1v) is 8.88. The van der Waals surface area contributed by atoms with Crippen LogP contribution in [0.25, 0.3) is 11.5 Å². The zero-order valence-electron chi connectivity index (χ0n) is 15.0. The van der Waals surface area contributed by atoms with E-state index in [2.05, 4.69) is 20.4 Å². The summed E-state index contributed by atoms with van der Waals surface area (Å²) in [6.45, 7) is 1.12. The molecule has 1 atom stereocenters. The van der Waals surface area contributed by atoms with E-state index in [1.807, 2.05) is 0 Å². The van der Waals surface area contributed by atoms with E-state index in [9.17, 15) is 22.8 Å². The Hall–Kier alpha value is -3.18. The molecule has 2 amide bonds. The van der Waals surface area contributed by atoms with Crippen molar-refractivity contribution in [3.05, 3.63) is 29.8 Å². The van der Waals surface area contributed by atoms with Gasteiger partial charge in [0.15, 0.2) is 5.82 Å². The van der Waals surface area contributed by atoms with E-state index in [0.717, 1.165) is 12.3 Å². The second-order valence-corrected chi connectivity index (χ2v) is 6.86. The molecule has 2 aromatic heterocycles. The van der Waals surface area contributed by atoms with E-state index >= 15 is 0 Å². The van der Waals surface area contributed by atoms with Gasteiger partial charge in [0.25, 0.3) is 5.89 Å². The molecule has 0 aliphatic carbocycles. The molecule has 2 aliphatic rings. The highest BCUT2D eigenvalue weighted by Gasteiger charge is 2.36. The van der Waals surface area contributed by atoms with Gasteiger partial charge in [0.05, 0.1) is 17.5 Å². The highest BCUT2D eigenvalue weighted by Crippen LogP contribution is 2.30. The molecule has 0 unspecified atom stereocenters. The Labute approximate surface area is 162 Å². The first-order chi connectivity index (χ1) is 13.8. The number of alkyl halides is 3. The van der Waals surface area contributed by atoms with E-state index in [1.165, 1.54) is 6.07 Å². The predicted octanol–water partition coefficient (Wildman–Crippen LogP) is 1.96. The topological polar surface area (TPSA) is 110 Å². The van der Waals surface area contributed by atoms with Gasteiger partial charge < -0.3 is 19.5 Å². The Morgan fingerprint density at radius 1 is 1.31 bits per heavy atom. The average Bonchev–Trinajstić information content (AvgIpc) is 3.27. The average molecular weight is 411 g/mol. The fourth-order valence-electron chi connectivity index (χ4n) is 3.09. The molecule has 4 heterocycles.